The molecule has 0 saturated carbocycles. The molecule has 0 amide bonds. The maximum absolute atomic E-state index is 12.5. The number of fused-ring (bicyclic) bond motifs is 1. The van der Waals surface area contributed by atoms with Crippen LogP contribution in [0.25, 0.3) is 0 Å². The molecule has 0 N–H and O–H groups in total. The third kappa shape index (κ3) is 2.54. The fourth-order valence-electron chi connectivity index (χ4n) is 2.07. The summed E-state index contributed by atoms with van der Waals surface area (Å²) in [6.45, 7) is 1.32. The number of rotatable bonds is 6. The van der Waals surface area contributed by atoms with Crippen LogP contribution in [0.2, 0.25) is 0 Å². The predicted molar refractivity (Wildman–Crippen MR) is 73.8 cm³/mol. The summed E-state index contributed by atoms with van der Waals surface area (Å²) in [7, 11) is -0.419. The molecule has 0 unspecified atom stereocenters. The van der Waals surface area contributed by atoms with Gasteiger partial charge in [-0.05, 0) is 12.1 Å². The summed E-state index contributed by atoms with van der Waals surface area (Å²) in [4.78, 5) is 0. The zero-order chi connectivity index (χ0) is 13.9. The van der Waals surface area contributed by atoms with Crippen molar-refractivity contribution >= 4 is 21.6 Å². The van der Waals surface area contributed by atoms with E-state index in [0.717, 1.165) is 0 Å². The highest BCUT2D eigenvalue weighted by Gasteiger charge is 2.39. The fourth-order valence-corrected chi connectivity index (χ4v) is 3.73. The van der Waals surface area contributed by atoms with Gasteiger partial charge in [0, 0.05) is 14.2 Å². The standard InChI is InChI=1S/C12H18N2O4S/c1-17-9-7-13-11-5-3-4-6-12(11)14(8-10-18-2)19(13,15)16/h3-6H,7-10H2,1-2H3. The van der Waals surface area contributed by atoms with Gasteiger partial charge in [-0.25, -0.2) is 8.61 Å². The van der Waals surface area contributed by atoms with E-state index in [9.17, 15) is 8.42 Å². The summed E-state index contributed by atoms with van der Waals surface area (Å²) >= 11 is 0. The summed E-state index contributed by atoms with van der Waals surface area (Å²) in [5.41, 5.74) is 1.38. The SMILES string of the molecule is COCCN1c2ccccc2N(CCOC)S1(=O)=O. The van der Waals surface area contributed by atoms with Crippen molar-refractivity contribution in [1.29, 1.82) is 0 Å². The number of hydrogen-bond acceptors (Lipinski definition) is 4. The van der Waals surface area contributed by atoms with Crippen LogP contribution in [0.1, 0.15) is 0 Å². The Morgan fingerprint density at radius 1 is 0.947 bits per heavy atom. The van der Waals surface area contributed by atoms with Crippen molar-refractivity contribution in [2.24, 2.45) is 0 Å². The number of ether oxygens (including phenoxy) is 2. The van der Waals surface area contributed by atoms with Gasteiger partial charge in [0.1, 0.15) is 0 Å². The topological polar surface area (TPSA) is 59.1 Å². The van der Waals surface area contributed by atoms with Crippen LogP contribution in [-0.2, 0) is 19.7 Å². The van der Waals surface area contributed by atoms with Crippen molar-refractivity contribution in [2.75, 3.05) is 49.1 Å². The van der Waals surface area contributed by atoms with Crippen LogP contribution in [0, 0.1) is 0 Å². The second kappa shape index (κ2) is 5.77. The second-order valence-electron chi connectivity index (χ2n) is 4.13. The highest BCUT2D eigenvalue weighted by atomic mass is 32.2. The lowest BCUT2D eigenvalue weighted by molar-refractivity contribution is 0.207. The molecule has 7 heteroatoms. The summed E-state index contributed by atoms with van der Waals surface area (Å²) in [5.74, 6) is 0. The lowest BCUT2D eigenvalue weighted by atomic mass is 10.2. The van der Waals surface area contributed by atoms with Gasteiger partial charge in [-0.1, -0.05) is 12.1 Å². The number of hydrogen-bond donors (Lipinski definition) is 0. The predicted octanol–water partition coefficient (Wildman–Crippen LogP) is 0.851. The quantitative estimate of drug-likeness (QED) is 0.778. The Morgan fingerprint density at radius 2 is 1.37 bits per heavy atom. The average Bonchev–Trinajstić information content (AvgIpc) is 2.61. The maximum atomic E-state index is 12.5. The van der Waals surface area contributed by atoms with Gasteiger partial charge in [0.2, 0.25) is 0 Å². The summed E-state index contributed by atoms with van der Waals surface area (Å²) in [6, 6.07) is 7.26. The number of benzene rings is 1. The lowest BCUT2D eigenvalue weighted by Crippen LogP contribution is -2.40. The Hall–Kier alpha value is -1.31. The van der Waals surface area contributed by atoms with E-state index < -0.39 is 10.2 Å². The van der Waals surface area contributed by atoms with Crippen LogP contribution in [0.4, 0.5) is 11.4 Å². The molecule has 1 aliphatic heterocycles. The molecular formula is C12H18N2O4S. The van der Waals surface area contributed by atoms with E-state index in [0.29, 0.717) is 37.7 Å². The number of nitrogens with zero attached hydrogens (tertiary/aromatic N) is 2. The zero-order valence-electron chi connectivity index (χ0n) is 11.1. The molecule has 106 valence electrons. The highest BCUT2D eigenvalue weighted by Crippen LogP contribution is 2.40. The Labute approximate surface area is 113 Å². The molecule has 0 aliphatic carbocycles. The molecule has 1 aliphatic rings. The first-order valence-corrected chi connectivity index (χ1v) is 7.40. The smallest absolute Gasteiger partial charge is 0.326 e. The fraction of sp³-hybridized carbons (Fsp3) is 0.500. The molecule has 6 nitrogen and oxygen atoms in total. The average molecular weight is 286 g/mol. The van der Waals surface area contributed by atoms with Crippen LogP contribution in [-0.4, -0.2) is 48.9 Å². The van der Waals surface area contributed by atoms with E-state index in [4.69, 9.17) is 9.47 Å². The van der Waals surface area contributed by atoms with E-state index in [1.165, 1.54) is 8.61 Å². The zero-order valence-corrected chi connectivity index (χ0v) is 11.9. The molecule has 1 heterocycles. The molecule has 0 spiro atoms. The molecule has 0 bridgehead atoms. The van der Waals surface area contributed by atoms with Gasteiger partial charge in [-0.2, -0.15) is 8.42 Å². The molecule has 0 radical (unpaired) electrons. The Balaban J connectivity index is 2.36. The molecule has 0 atom stereocenters. The largest absolute Gasteiger partial charge is 0.383 e. The van der Waals surface area contributed by atoms with Crippen LogP contribution >= 0.6 is 0 Å². The van der Waals surface area contributed by atoms with Crippen LogP contribution in [0.3, 0.4) is 0 Å². The number of para-hydroxylation sites is 2. The van der Waals surface area contributed by atoms with Gasteiger partial charge in [0.15, 0.2) is 0 Å². The minimum absolute atomic E-state index is 0.305. The number of methoxy groups -OCH3 is 2. The van der Waals surface area contributed by atoms with Gasteiger partial charge in [-0.3, -0.25) is 0 Å². The van der Waals surface area contributed by atoms with Crippen LogP contribution in [0.5, 0.6) is 0 Å². The number of anilines is 2. The Kier molecular flexibility index (Phi) is 4.28. The van der Waals surface area contributed by atoms with E-state index in [2.05, 4.69) is 0 Å². The van der Waals surface area contributed by atoms with Crippen molar-refractivity contribution in [3.63, 3.8) is 0 Å². The molecular weight excluding hydrogens is 268 g/mol. The molecule has 0 saturated heterocycles. The van der Waals surface area contributed by atoms with Crippen molar-refractivity contribution in [2.45, 2.75) is 0 Å². The normalized spacial score (nSPS) is 16.7. The van der Waals surface area contributed by atoms with Crippen LogP contribution < -0.4 is 8.61 Å². The van der Waals surface area contributed by atoms with Gasteiger partial charge in [0.25, 0.3) is 0 Å². The minimum atomic E-state index is -3.52. The molecule has 1 aromatic rings. The van der Waals surface area contributed by atoms with Gasteiger partial charge < -0.3 is 9.47 Å². The van der Waals surface area contributed by atoms with Gasteiger partial charge in [0.05, 0.1) is 37.7 Å². The Morgan fingerprint density at radius 3 is 1.74 bits per heavy atom. The van der Waals surface area contributed by atoms with E-state index in [1.54, 1.807) is 26.4 Å². The van der Waals surface area contributed by atoms with Crippen molar-refractivity contribution in [1.82, 2.24) is 0 Å². The van der Waals surface area contributed by atoms with Gasteiger partial charge >= 0.3 is 10.2 Å². The van der Waals surface area contributed by atoms with E-state index in [-0.39, 0.29) is 0 Å². The first-order valence-electron chi connectivity index (χ1n) is 6.00. The summed E-state index contributed by atoms with van der Waals surface area (Å²) in [5, 5.41) is 0. The Bertz CT molecular complexity index is 491. The lowest BCUT2D eigenvalue weighted by Gasteiger charge is -2.21. The first kappa shape index (κ1) is 14.1. The van der Waals surface area contributed by atoms with E-state index >= 15 is 0 Å². The maximum Gasteiger partial charge on any atom is 0.326 e. The highest BCUT2D eigenvalue weighted by molar-refractivity contribution is 7.94. The monoisotopic (exact) mass is 286 g/mol. The third-order valence-corrected chi connectivity index (χ3v) is 4.85. The molecule has 1 aromatic carbocycles. The van der Waals surface area contributed by atoms with Crippen LogP contribution in [0.15, 0.2) is 24.3 Å². The molecule has 0 aromatic heterocycles. The van der Waals surface area contributed by atoms with Gasteiger partial charge in [-0.15, -0.1) is 0 Å². The van der Waals surface area contributed by atoms with Crippen molar-refractivity contribution in [3.05, 3.63) is 24.3 Å². The van der Waals surface area contributed by atoms with E-state index in [1.807, 2.05) is 12.1 Å². The minimum Gasteiger partial charge on any atom is -0.383 e. The first-order chi connectivity index (χ1) is 9.12. The molecule has 2 rings (SSSR count). The summed E-state index contributed by atoms with van der Waals surface area (Å²) < 4.78 is 37.7. The molecule has 0 fully saturated rings. The second-order valence-corrected chi connectivity index (χ2v) is 5.90. The summed E-state index contributed by atoms with van der Waals surface area (Å²) in [6.07, 6.45) is 0. The third-order valence-electron chi connectivity index (χ3n) is 2.97. The van der Waals surface area contributed by atoms with Crippen molar-refractivity contribution in [3.8, 4) is 0 Å². The van der Waals surface area contributed by atoms with Crippen molar-refractivity contribution < 1.29 is 17.9 Å². The molecule has 19 heavy (non-hydrogen) atoms.